The van der Waals surface area contributed by atoms with Crippen LogP contribution >= 0.6 is 22.9 Å². The molecule has 2 aromatic heterocycles. The number of rotatable bonds is 4. The molecule has 0 N–H and O–H groups in total. The Balaban J connectivity index is 1.52. The molecule has 25 heavy (non-hydrogen) atoms. The Bertz CT molecular complexity index is 943. The van der Waals surface area contributed by atoms with E-state index in [-0.39, 0.29) is 24.0 Å². The minimum Gasteiger partial charge on any atom is -0.335 e. The van der Waals surface area contributed by atoms with Crippen LogP contribution in [0.1, 0.15) is 34.4 Å². The lowest BCUT2D eigenvalue weighted by molar-refractivity contribution is -0.121. The molecule has 3 aromatic rings. The number of benzene rings is 1. The van der Waals surface area contributed by atoms with Gasteiger partial charge in [-0.15, -0.1) is 11.3 Å². The van der Waals surface area contributed by atoms with E-state index in [4.69, 9.17) is 11.6 Å². The summed E-state index contributed by atoms with van der Waals surface area (Å²) in [5.41, 5.74) is 1.67. The van der Waals surface area contributed by atoms with Crippen molar-refractivity contribution in [3.63, 3.8) is 0 Å². The van der Waals surface area contributed by atoms with Crippen molar-refractivity contribution in [2.45, 2.75) is 25.3 Å². The van der Waals surface area contributed by atoms with Crippen molar-refractivity contribution in [3.8, 4) is 10.4 Å². The van der Waals surface area contributed by atoms with Gasteiger partial charge in [0.25, 0.3) is 0 Å². The van der Waals surface area contributed by atoms with Gasteiger partial charge in [-0.2, -0.15) is 0 Å². The third kappa shape index (κ3) is 3.17. The number of Topliss-reactive ketones (excluding diaryl/α,β-unsaturated/α-hetero) is 2. The predicted octanol–water partition coefficient (Wildman–Crippen LogP) is 4.59. The molecule has 0 fully saturated rings. The highest BCUT2D eigenvalue weighted by atomic mass is 35.5. The van der Waals surface area contributed by atoms with Gasteiger partial charge in [-0.05, 0) is 36.2 Å². The van der Waals surface area contributed by atoms with E-state index in [0.717, 1.165) is 15.4 Å². The molecule has 0 bridgehead atoms. The molecular weight excluding hydrogens is 356 g/mol. The zero-order chi connectivity index (χ0) is 17.4. The molecule has 4 rings (SSSR count). The molecule has 4 nitrogen and oxygen atoms in total. The van der Waals surface area contributed by atoms with Gasteiger partial charge >= 0.3 is 0 Å². The quantitative estimate of drug-likeness (QED) is 0.674. The van der Waals surface area contributed by atoms with E-state index in [2.05, 4.69) is 4.98 Å². The number of nitrogens with zero attached hydrogens (tertiary/aromatic N) is 2. The van der Waals surface area contributed by atoms with Crippen LogP contribution in [0.3, 0.4) is 0 Å². The van der Waals surface area contributed by atoms with Crippen molar-refractivity contribution in [2.75, 3.05) is 0 Å². The van der Waals surface area contributed by atoms with Crippen molar-refractivity contribution < 1.29 is 9.59 Å². The van der Waals surface area contributed by atoms with E-state index < -0.39 is 0 Å². The second-order valence-corrected chi connectivity index (χ2v) is 7.60. The molecule has 1 aliphatic heterocycles. The number of aromatic nitrogens is 2. The summed E-state index contributed by atoms with van der Waals surface area (Å²) in [7, 11) is 0. The number of carbonyl (C=O) groups is 2. The molecule has 1 atom stereocenters. The highest BCUT2D eigenvalue weighted by Crippen LogP contribution is 2.30. The van der Waals surface area contributed by atoms with Crippen LogP contribution < -0.4 is 0 Å². The van der Waals surface area contributed by atoms with Crippen LogP contribution in [0.15, 0.2) is 48.8 Å². The third-order valence-electron chi connectivity index (χ3n) is 4.42. The van der Waals surface area contributed by atoms with Gasteiger partial charge in [-0.25, -0.2) is 4.98 Å². The van der Waals surface area contributed by atoms with E-state index in [9.17, 15) is 9.59 Å². The summed E-state index contributed by atoms with van der Waals surface area (Å²) >= 11 is 7.44. The third-order valence-corrected chi connectivity index (χ3v) is 5.72. The van der Waals surface area contributed by atoms with Crippen molar-refractivity contribution in [1.29, 1.82) is 0 Å². The van der Waals surface area contributed by atoms with Crippen molar-refractivity contribution >= 4 is 34.5 Å². The molecule has 126 valence electrons. The van der Waals surface area contributed by atoms with Gasteiger partial charge in [0, 0.05) is 23.8 Å². The summed E-state index contributed by atoms with van der Waals surface area (Å²) in [6.07, 6.45) is 4.88. The number of fused-ring (bicyclic) bond motifs is 1. The predicted molar refractivity (Wildman–Crippen MR) is 98.3 cm³/mol. The van der Waals surface area contributed by atoms with Gasteiger partial charge in [0.2, 0.25) is 0 Å². The first-order chi connectivity index (χ1) is 12.1. The Morgan fingerprint density at radius 1 is 1.28 bits per heavy atom. The highest BCUT2D eigenvalue weighted by Gasteiger charge is 2.29. The van der Waals surface area contributed by atoms with Gasteiger partial charge in [-0.1, -0.05) is 23.7 Å². The molecule has 6 heteroatoms. The zero-order valence-electron chi connectivity index (χ0n) is 13.3. The lowest BCUT2D eigenvalue weighted by Gasteiger charge is -2.24. The molecule has 0 radical (unpaired) electrons. The summed E-state index contributed by atoms with van der Waals surface area (Å²) in [4.78, 5) is 30.1. The summed E-state index contributed by atoms with van der Waals surface area (Å²) in [6.45, 7) is 0. The molecule has 1 unspecified atom stereocenters. The van der Waals surface area contributed by atoms with E-state index in [1.807, 2.05) is 41.1 Å². The maximum absolute atomic E-state index is 12.7. The Hall–Kier alpha value is -2.24. The van der Waals surface area contributed by atoms with Crippen molar-refractivity contribution in [2.24, 2.45) is 0 Å². The average Bonchev–Trinajstić information content (AvgIpc) is 3.26. The van der Waals surface area contributed by atoms with Gasteiger partial charge in [0.15, 0.2) is 11.6 Å². The molecule has 0 saturated heterocycles. The van der Waals surface area contributed by atoms with E-state index in [1.165, 1.54) is 11.3 Å². The maximum atomic E-state index is 12.7. The Labute approximate surface area is 154 Å². The van der Waals surface area contributed by atoms with E-state index in [0.29, 0.717) is 23.6 Å². The summed E-state index contributed by atoms with van der Waals surface area (Å²) in [6, 6.07) is 10.9. The van der Waals surface area contributed by atoms with Gasteiger partial charge in [0.1, 0.15) is 5.01 Å². The second kappa shape index (κ2) is 6.58. The van der Waals surface area contributed by atoms with Crippen LogP contribution in [-0.2, 0) is 11.2 Å². The maximum Gasteiger partial charge on any atom is 0.179 e. The first kappa shape index (κ1) is 16.2. The Morgan fingerprint density at radius 3 is 2.88 bits per heavy atom. The molecule has 1 aliphatic rings. The van der Waals surface area contributed by atoms with Crippen molar-refractivity contribution in [3.05, 3.63) is 64.5 Å². The number of hydrogen-bond acceptors (Lipinski definition) is 4. The van der Waals surface area contributed by atoms with Gasteiger partial charge in [0.05, 0.1) is 23.0 Å². The molecule has 1 aromatic carbocycles. The molecule has 0 aliphatic carbocycles. The van der Waals surface area contributed by atoms with Crippen LogP contribution in [0.2, 0.25) is 5.02 Å². The van der Waals surface area contributed by atoms with E-state index in [1.54, 1.807) is 12.3 Å². The lowest BCUT2D eigenvalue weighted by Crippen LogP contribution is -2.28. The fourth-order valence-electron chi connectivity index (χ4n) is 3.16. The van der Waals surface area contributed by atoms with Crippen molar-refractivity contribution in [1.82, 2.24) is 9.55 Å². The normalized spacial score (nSPS) is 16.7. The summed E-state index contributed by atoms with van der Waals surface area (Å²) in [5, 5.41) is 1.48. The number of halogens is 1. The summed E-state index contributed by atoms with van der Waals surface area (Å²) < 4.78 is 1.81. The second-order valence-electron chi connectivity index (χ2n) is 6.05. The lowest BCUT2D eigenvalue weighted by atomic mass is 9.97. The van der Waals surface area contributed by atoms with Gasteiger partial charge < -0.3 is 4.57 Å². The van der Waals surface area contributed by atoms with Crippen LogP contribution in [0.5, 0.6) is 0 Å². The average molecular weight is 371 g/mol. The number of ketones is 2. The molecule has 0 saturated carbocycles. The minimum atomic E-state index is -0.273. The number of thiazole rings is 1. The first-order valence-electron chi connectivity index (χ1n) is 8.05. The first-order valence-corrected chi connectivity index (χ1v) is 9.24. The monoisotopic (exact) mass is 370 g/mol. The molecule has 3 heterocycles. The molecule has 0 amide bonds. The van der Waals surface area contributed by atoms with Gasteiger partial charge in [-0.3, -0.25) is 9.59 Å². The minimum absolute atomic E-state index is 0.0990. The zero-order valence-corrected chi connectivity index (χ0v) is 14.9. The van der Waals surface area contributed by atoms with Crippen LogP contribution in [-0.4, -0.2) is 21.1 Å². The highest BCUT2D eigenvalue weighted by molar-refractivity contribution is 7.15. The van der Waals surface area contributed by atoms with Crippen LogP contribution in [0.4, 0.5) is 0 Å². The standard InChI is InChI=1S/C19H15ClN2O2S/c20-13-5-3-12(4-6-13)18-11-21-19(25-18)10-17(24)15-7-8-16(23)14-2-1-9-22(14)15/h1-6,9,11,15H,7-8,10H2. The molecule has 0 spiro atoms. The summed E-state index contributed by atoms with van der Waals surface area (Å²) in [5.74, 6) is 0.204. The fraction of sp³-hybridized carbons (Fsp3) is 0.211. The number of carbonyl (C=O) groups excluding carboxylic acids is 2. The van der Waals surface area contributed by atoms with Crippen LogP contribution in [0, 0.1) is 0 Å². The Morgan fingerprint density at radius 2 is 2.08 bits per heavy atom. The van der Waals surface area contributed by atoms with Crippen LogP contribution in [0.25, 0.3) is 10.4 Å². The number of hydrogen-bond donors (Lipinski definition) is 0. The molecular formula is C19H15ClN2O2S. The largest absolute Gasteiger partial charge is 0.335 e. The topological polar surface area (TPSA) is 52.0 Å². The van der Waals surface area contributed by atoms with E-state index >= 15 is 0 Å². The Kier molecular flexibility index (Phi) is 4.27. The SMILES string of the molecule is O=C1CCC(C(=O)Cc2ncc(-c3ccc(Cl)cc3)s2)n2cccc21. The smallest absolute Gasteiger partial charge is 0.179 e. The fourth-order valence-corrected chi connectivity index (χ4v) is 4.22.